The van der Waals surface area contributed by atoms with Gasteiger partial charge in [-0.3, -0.25) is 19.5 Å². The van der Waals surface area contributed by atoms with Crippen LogP contribution in [-0.2, 0) is 14.3 Å². The van der Waals surface area contributed by atoms with Crippen LogP contribution in [0.4, 0.5) is 5.69 Å². The summed E-state index contributed by atoms with van der Waals surface area (Å²) in [5, 5.41) is 23.7. The fraction of sp³-hybridized carbons (Fsp3) is 0.571. The van der Waals surface area contributed by atoms with Crippen molar-refractivity contribution >= 4 is 13.5 Å². The quantitative estimate of drug-likeness (QED) is 0.487. The Morgan fingerprint density at radius 3 is 2.25 bits per heavy atom. The van der Waals surface area contributed by atoms with Crippen LogP contribution in [-0.4, -0.2) is 32.1 Å². The second-order valence-electron chi connectivity index (χ2n) is 6.87. The molecule has 9 nitrogen and oxygen atoms in total. The standard InChI is InChI=1S/C14H20N2O7P/c1-13(2)9-12(14(3,4)16(13)19)23-24(20,21)22-11-7-5-10(6-8-11)15(17)18/h5-8,12H,9H2,1-4H3,(H,20,21). The number of nitro benzene ring substituents is 1. The molecule has 1 saturated heterocycles. The molecule has 1 radical (unpaired) electrons. The molecule has 1 heterocycles. The Morgan fingerprint density at radius 2 is 1.83 bits per heavy atom. The average molecular weight is 359 g/mol. The first-order valence-corrected chi connectivity index (χ1v) is 8.77. The minimum atomic E-state index is -4.50. The highest BCUT2D eigenvalue weighted by atomic mass is 31.2. The fourth-order valence-corrected chi connectivity index (χ4v) is 3.89. The highest BCUT2D eigenvalue weighted by Crippen LogP contribution is 2.51. The van der Waals surface area contributed by atoms with E-state index >= 15 is 0 Å². The monoisotopic (exact) mass is 359 g/mol. The number of benzene rings is 1. The molecule has 2 unspecified atom stereocenters. The number of hydroxylamine groups is 2. The van der Waals surface area contributed by atoms with Crippen molar-refractivity contribution in [3.05, 3.63) is 34.4 Å². The van der Waals surface area contributed by atoms with Crippen molar-refractivity contribution in [3.8, 4) is 5.75 Å². The molecule has 1 N–H and O–H groups in total. The van der Waals surface area contributed by atoms with Crippen molar-refractivity contribution in [1.29, 1.82) is 0 Å². The predicted octanol–water partition coefficient (Wildman–Crippen LogP) is 3.07. The Bertz CT molecular complexity index is 674. The van der Waals surface area contributed by atoms with E-state index in [2.05, 4.69) is 0 Å². The van der Waals surface area contributed by atoms with Gasteiger partial charge in [0.2, 0.25) is 0 Å². The Kier molecular flexibility index (Phi) is 4.78. The minimum Gasteiger partial charge on any atom is -0.404 e. The van der Waals surface area contributed by atoms with Crippen LogP contribution in [0.3, 0.4) is 0 Å². The number of phosphoric ester groups is 1. The lowest BCUT2D eigenvalue weighted by Crippen LogP contribution is -2.47. The third-order valence-corrected chi connectivity index (χ3v) is 5.04. The summed E-state index contributed by atoms with van der Waals surface area (Å²) in [7, 11) is -4.50. The van der Waals surface area contributed by atoms with Crippen molar-refractivity contribution in [2.75, 3.05) is 0 Å². The second-order valence-corrected chi connectivity index (χ2v) is 8.20. The number of non-ortho nitro benzene ring substituents is 1. The minimum absolute atomic E-state index is 0.0412. The van der Waals surface area contributed by atoms with Gasteiger partial charge in [0, 0.05) is 17.7 Å². The molecule has 1 aromatic rings. The normalized spacial score (nSPS) is 25.2. The van der Waals surface area contributed by atoms with E-state index < -0.39 is 29.9 Å². The molecule has 0 aliphatic carbocycles. The summed E-state index contributed by atoms with van der Waals surface area (Å²) >= 11 is 0. The topological polar surface area (TPSA) is 122 Å². The predicted molar refractivity (Wildman–Crippen MR) is 83.7 cm³/mol. The van der Waals surface area contributed by atoms with E-state index in [0.717, 1.165) is 17.2 Å². The molecule has 0 spiro atoms. The molecule has 24 heavy (non-hydrogen) atoms. The molecule has 1 aromatic carbocycles. The molecule has 2 rings (SSSR count). The molecule has 1 aliphatic rings. The van der Waals surface area contributed by atoms with Crippen LogP contribution in [0.25, 0.3) is 0 Å². The van der Waals surface area contributed by atoms with Gasteiger partial charge in [0.25, 0.3) is 5.69 Å². The van der Waals surface area contributed by atoms with Crippen LogP contribution >= 0.6 is 7.82 Å². The molecular weight excluding hydrogens is 339 g/mol. The highest BCUT2D eigenvalue weighted by Gasteiger charge is 2.55. The van der Waals surface area contributed by atoms with Gasteiger partial charge < -0.3 is 4.52 Å². The molecule has 10 heteroatoms. The first-order chi connectivity index (χ1) is 10.8. The third kappa shape index (κ3) is 3.76. The van der Waals surface area contributed by atoms with Crippen LogP contribution < -0.4 is 4.52 Å². The van der Waals surface area contributed by atoms with Crippen molar-refractivity contribution in [3.63, 3.8) is 0 Å². The second kappa shape index (κ2) is 6.09. The number of phosphoric acid groups is 1. The summed E-state index contributed by atoms with van der Waals surface area (Å²) in [6.45, 7) is 6.71. The Balaban J connectivity index is 2.11. The molecule has 0 bridgehead atoms. The molecule has 0 saturated carbocycles. The van der Waals surface area contributed by atoms with Crippen molar-refractivity contribution in [2.24, 2.45) is 0 Å². The lowest BCUT2D eigenvalue weighted by atomic mass is 9.97. The zero-order valence-corrected chi connectivity index (χ0v) is 14.7. The maximum Gasteiger partial charge on any atom is 0.527 e. The Hall–Kier alpha value is -1.51. The summed E-state index contributed by atoms with van der Waals surface area (Å²) in [5.74, 6) is -0.0412. The van der Waals surface area contributed by atoms with Crippen molar-refractivity contribution in [2.45, 2.75) is 51.3 Å². The summed E-state index contributed by atoms with van der Waals surface area (Å²) in [4.78, 5) is 20.0. The maximum absolute atomic E-state index is 12.3. The van der Waals surface area contributed by atoms with Gasteiger partial charge in [0.1, 0.15) is 5.75 Å². The highest BCUT2D eigenvalue weighted by molar-refractivity contribution is 7.47. The molecule has 1 fully saturated rings. The van der Waals surface area contributed by atoms with Gasteiger partial charge in [-0.2, -0.15) is 0 Å². The van der Waals surface area contributed by atoms with E-state index in [-0.39, 0.29) is 17.9 Å². The Morgan fingerprint density at radius 1 is 1.29 bits per heavy atom. The van der Waals surface area contributed by atoms with Crippen molar-refractivity contribution in [1.82, 2.24) is 5.06 Å². The molecule has 133 valence electrons. The van der Waals surface area contributed by atoms with Gasteiger partial charge in [-0.1, -0.05) is 0 Å². The van der Waals surface area contributed by atoms with Crippen LogP contribution in [0.15, 0.2) is 24.3 Å². The first-order valence-electron chi connectivity index (χ1n) is 7.28. The lowest BCUT2D eigenvalue weighted by molar-refractivity contribution is -0.384. The molecule has 0 amide bonds. The van der Waals surface area contributed by atoms with Gasteiger partial charge in [-0.15, -0.1) is 10.3 Å². The number of hydrogen-bond donors (Lipinski definition) is 1. The van der Waals surface area contributed by atoms with Crippen LogP contribution in [0, 0.1) is 10.1 Å². The number of nitro groups is 1. The van der Waals surface area contributed by atoms with E-state index in [1.807, 2.05) is 0 Å². The summed E-state index contributed by atoms with van der Waals surface area (Å²) in [6.07, 6.45) is -0.545. The zero-order valence-electron chi connectivity index (χ0n) is 13.8. The van der Waals surface area contributed by atoms with E-state index in [9.17, 15) is 24.8 Å². The van der Waals surface area contributed by atoms with E-state index in [0.29, 0.717) is 0 Å². The van der Waals surface area contributed by atoms with Gasteiger partial charge in [-0.25, -0.2) is 4.57 Å². The maximum atomic E-state index is 12.3. The molecule has 1 aliphatic heterocycles. The van der Waals surface area contributed by atoms with Gasteiger partial charge in [0.05, 0.1) is 16.6 Å². The molecule has 0 aromatic heterocycles. The smallest absolute Gasteiger partial charge is 0.404 e. The first kappa shape index (κ1) is 18.8. The number of hydrogen-bond acceptors (Lipinski definition) is 6. The number of nitrogens with zero attached hydrogens (tertiary/aromatic N) is 2. The SMILES string of the molecule is CC1(C)CC(OP(=O)(O)Oc2ccc([N+](=O)[O-])cc2)C(C)(C)N1[O]. The van der Waals surface area contributed by atoms with Gasteiger partial charge in [-0.05, 0) is 46.2 Å². The van der Waals surface area contributed by atoms with Crippen molar-refractivity contribution < 1.29 is 28.6 Å². The van der Waals surface area contributed by atoms with Crippen LogP contribution in [0.1, 0.15) is 34.1 Å². The summed E-state index contributed by atoms with van der Waals surface area (Å²) in [5.41, 5.74) is -1.90. The van der Waals surface area contributed by atoms with Gasteiger partial charge in [0.15, 0.2) is 0 Å². The third-order valence-electron chi connectivity index (χ3n) is 4.07. The number of rotatable bonds is 5. The average Bonchev–Trinajstić information content (AvgIpc) is 2.58. The summed E-state index contributed by atoms with van der Waals surface area (Å²) in [6, 6.07) is 4.71. The van der Waals surface area contributed by atoms with E-state index in [1.54, 1.807) is 27.7 Å². The zero-order chi connectivity index (χ0) is 18.3. The fourth-order valence-electron chi connectivity index (χ4n) is 2.81. The molecular formula is C14H20N2O7P. The van der Waals surface area contributed by atoms with Gasteiger partial charge >= 0.3 is 7.82 Å². The largest absolute Gasteiger partial charge is 0.527 e. The van der Waals surface area contributed by atoms with Crippen LogP contribution in [0.5, 0.6) is 5.75 Å². The molecule has 2 atom stereocenters. The Labute approximate surface area is 139 Å². The summed E-state index contributed by atoms with van der Waals surface area (Å²) < 4.78 is 22.4. The van der Waals surface area contributed by atoms with Crippen LogP contribution in [0.2, 0.25) is 0 Å². The lowest BCUT2D eigenvalue weighted by Gasteiger charge is -2.33. The van der Waals surface area contributed by atoms with E-state index in [1.165, 1.54) is 12.1 Å². The van der Waals surface area contributed by atoms with E-state index in [4.69, 9.17) is 9.05 Å².